The van der Waals surface area contributed by atoms with Crippen molar-refractivity contribution in [3.05, 3.63) is 82.7 Å². The molecule has 0 N–H and O–H groups in total. The third kappa shape index (κ3) is 6.50. The molecular weight excluding hydrogens is 415 g/mol. The van der Waals surface area contributed by atoms with Gasteiger partial charge in [0.2, 0.25) is 0 Å². The van der Waals surface area contributed by atoms with E-state index < -0.39 is 0 Å². The average molecular weight is 455 g/mol. The number of aryl methyl sites for hydroxylation is 2. The van der Waals surface area contributed by atoms with Crippen molar-refractivity contribution >= 4 is 10.8 Å². The number of fused-ring (bicyclic) bond motifs is 1. The van der Waals surface area contributed by atoms with Crippen molar-refractivity contribution in [2.24, 2.45) is 11.8 Å². The maximum atomic E-state index is 15.3. The molecule has 1 heteroatoms. The number of hydrogen-bond acceptors (Lipinski definition) is 0. The number of halogens is 1. The fourth-order valence-corrected chi connectivity index (χ4v) is 5.46. The Morgan fingerprint density at radius 2 is 1.41 bits per heavy atom. The fraction of sp³-hybridized carbons (Fsp3) is 0.455. The molecular formula is C33H39F. The van der Waals surface area contributed by atoms with Crippen molar-refractivity contribution in [3.8, 4) is 11.8 Å². The highest BCUT2D eigenvalue weighted by Gasteiger charge is 2.21. The van der Waals surface area contributed by atoms with Crippen molar-refractivity contribution < 1.29 is 4.39 Å². The van der Waals surface area contributed by atoms with Crippen molar-refractivity contribution in [1.29, 1.82) is 0 Å². The zero-order valence-corrected chi connectivity index (χ0v) is 21.0. The second-order valence-corrected chi connectivity index (χ2v) is 10.2. The molecule has 0 heterocycles. The van der Waals surface area contributed by atoms with Gasteiger partial charge in [-0.1, -0.05) is 107 Å². The van der Waals surface area contributed by atoms with Crippen LogP contribution in [0.3, 0.4) is 0 Å². The van der Waals surface area contributed by atoms with Crippen LogP contribution in [0.1, 0.15) is 93.9 Å². The van der Waals surface area contributed by atoms with E-state index in [0.29, 0.717) is 0 Å². The summed E-state index contributed by atoms with van der Waals surface area (Å²) in [5.41, 5.74) is 4.16. The van der Waals surface area contributed by atoms with Gasteiger partial charge in [0, 0.05) is 16.5 Å². The highest BCUT2D eigenvalue weighted by atomic mass is 19.1. The van der Waals surface area contributed by atoms with Crippen LogP contribution in [0.4, 0.5) is 4.39 Å². The molecule has 1 fully saturated rings. The van der Waals surface area contributed by atoms with E-state index in [9.17, 15) is 0 Å². The third-order valence-corrected chi connectivity index (χ3v) is 7.63. The van der Waals surface area contributed by atoms with Gasteiger partial charge in [-0.25, -0.2) is 4.39 Å². The van der Waals surface area contributed by atoms with Crippen molar-refractivity contribution in [2.75, 3.05) is 0 Å². The van der Waals surface area contributed by atoms with Gasteiger partial charge in [0.25, 0.3) is 0 Å². The minimum Gasteiger partial charge on any atom is -0.206 e. The van der Waals surface area contributed by atoms with E-state index in [-0.39, 0.29) is 5.82 Å². The standard InChI is InChI=1S/C33H39F/c1-3-5-7-26-10-14-28(15-11-26)18-20-30-21-22-31-24-29(19-23-32(31)33(30)34)17-16-27-12-8-25(6-4-2)9-13-27/h8-9,12-13,19,21-24,26,28H,3-7,10-11,14-15,18,20H2,1-2H3. The monoisotopic (exact) mass is 454 g/mol. The predicted molar refractivity (Wildman–Crippen MR) is 144 cm³/mol. The maximum Gasteiger partial charge on any atom is 0.134 e. The van der Waals surface area contributed by atoms with Crippen molar-refractivity contribution in [3.63, 3.8) is 0 Å². The first-order valence-corrected chi connectivity index (χ1v) is 13.5. The van der Waals surface area contributed by atoms with Gasteiger partial charge in [0.05, 0.1) is 0 Å². The van der Waals surface area contributed by atoms with Gasteiger partial charge in [0.15, 0.2) is 0 Å². The second-order valence-electron chi connectivity index (χ2n) is 10.2. The molecule has 1 aliphatic carbocycles. The lowest BCUT2D eigenvalue weighted by Crippen LogP contribution is -2.15. The molecule has 1 aliphatic rings. The van der Waals surface area contributed by atoms with Crippen LogP contribution in [-0.4, -0.2) is 0 Å². The molecule has 3 aromatic carbocycles. The van der Waals surface area contributed by atoms with Gasteiger partial charge >= 0.3 is 0 Å². The lowest BCUT2D eigenvalue weighted by atomic mass is 9.78. The average Bonchev–Trinajstić information content (AvgIpc) is 2.87. The molecule has 0 nitrogen and oxygen atoms in total. The Kier molecular flexibility index (Phi) is 8.81. The quantitative estimate of drug-likeness (QED) is 0.297. The third-order valence-electron chi connectivity index (χ3n) is 7.63. The van der Waals surface area contributed by atoms with E-state index in [0.717, 1.165) is 65.0 Å². The summed E-state index contributed by atoms with van der Waals surface area (Å²) < 4.78 is 15.3. The van der Waals surface area contributed by atoms with Gasteiger partial charge in [0.1, 0.15) is 5.82 Å². The molecule has 1 saturated carbocycles. The Balaban J connectivity index is 1.37. The Labute approximate surface area is 206 Å². The van der Waals surface area contributed by atoms with E-state index in [2.05, 4.69) is 56.0 Å². The minimum atomic E-state index is -0.0415. The lowest BCUT2D eigenvalue weighted by Gasteiger charge is -2.28. The molecule has 34 heavy (non-hydrogen) atoms. The fourth-order valence-electron chi connectivity index (χ4n) is 5.46. The maximum absolute atomic E-state index is 15.3. The van der Waals surface area contributed by atoms with Crippen LogP contribution in [0.2, 0.25) is 0 Å². The Bertz CT molecular complexity index is 1120. The van der Waals surface area contributed by atoms with E-state index >= 15 is 4.39 Å². The SMILES string of the molecule is CCCCC1CCC(CCc2ccc3cc(C#Cc4ccc(CCC)cc4)ccc3c2F)CC1. The summed E-state index contributed by atoms with van der Waals surface area (Å²) >= 11 is 0. The van der Waals surface area contributed by atoms with Crippen LogP contribution >= 0.6 is 0 Å². The first-order chi connectivity index (χ1) is 16.7. The van der Waals surface area contributed by atoms with Crippen LogP contribution in [0, 0.1) is 29.5 Å². The topological polar surface area (TPSA) is 0 Å². The number of rotatable bonds is 8. The zero-order chi connectivity index (χ0) is 23.8. The van der Waals surface area contributed by atoms with E-state index in [1.54, 1.807) is 0 Å². The Morgan fingerprint density at radius 1 is 0.735 bits per heavy atom. The van der Waals surface area contributed by atoms with Gasteiger partial charge in [-0.05, 0) is 71.9 Å². The van der Waals surface area contributed by atoms with Crippen LogP contribution < -0.4 is 0 Å². The smallest absolute Gasteiger partial charge is 0.134 e. The van der Waals surface area contributed by atoms with E-state index in [4.69, 9.17) is 0 Å². The predicted octanol–water partition coefficient (Wildman–Crippen LogP) is 9.26. The van der Waals surface area contributed by atoms with E-state index in [1.807, 2.05) is 24.3 Å². The summed E-state index contributed by atoms with van der Waals surface area (Å²) in [5.74, 6) is 8.16. The summed E-state index contributed by atoms with van der Waals surface area (Å²) in [6, 6.07) is 18.4. The van der Waals surface area contributed by atoms with E-state index in [1.165, 1.54) is 50.5 Å². The van der Waals surface area contributed by atoms with Gasteiger partial charge < -0.3 is 0 Å². The largest absolute Gasteiger partial charge is 0.206 e. The number of benzene rings is 3. The molecule has 0 saturated heterocycles. The summed E-state index contributed by atoms with van der Waals surface area (Å²) in [4.78, 5) is 0. The first kappa shape index (κ1) is 24.5. The summed E-state index contributed by atoms with van der Waals surface area (Å²) in [5, 5.41) is 1.65. The molecule has 0 amide bonds. The molecule has 0 atom stereocenters. The highest BCUT2D eigenvalue weighted by molar-refractivity contribution is 5.85. The number of hydrogen-bond donors (Lipinski definition) is 0. The molecule has 0 spiro atoms. The molecule has 0 bridgehead atoms. The molecule has 3 aromatic rings. The van der Waals surface area contributed by atoms with Crippen LogP contribution in [0.25, 0.3) is 10.8 Å². The zero-order valence-electron chi connectivity index (χ0n) is 21.0. The van der Waals surface area contributed by atoms with Crippen molar-refractivity contribution in [1.82, 2.24) is 0 Å². The second kappa shape index (κ2) is 12.2. The molecule has 0 unspecified atom stereocenters. The van der Waals surface area contributed by atoms with Gasteiger partial charge in [-0.2, -0.15) is 0 Å². The van der Waals surface area contributed by atoms with Gasteiger partial charge in [-0.3, -0.25) is 0 Å². The summed E-state index contributed by atoms with van der Waals surface area (Å²) in [6.45, 7) is 4.48. The molecule has 0 aromatic heterocycles. The van der Waals surface area contributed by atoms with Crippen LogP contribution in [0.15, 0.2) is 54.6 Å². The van der Waals surface area contributed by atoms with Crippen molar-refractivity contribution in [2.45, 2.75) is 84.5 Å². The summed E-state index contributed by atoms with van der Waals surface area (Å²) in [6.07, 6.45) is 13.7. The normalized spacial score (nSPS) is 18.0. The van der Waals surface area contributed by atoms with Crippen LogP contribution in [0.5, 0.6) is 0 Å². The molecule has 4 rings (SSSR count). The first-order valence-electron chi connectivity index (χ1n) is 13.5. The van der Waals surface area contributed by atoms with Gasteiger partial charge in [-0.15, -0.1) is 0 Å². The Hall–Kier alpha value is -2.59. The lowest BCUT2D eigenvalue weighted by molar-refractivity contribution is 0.249. The van der Waals surface area contributed by atoms with Crippen LogP contribution in [-0.2, 0) is 12.8 Å². The summed E-state index contributed by atoms with van der Waals surface area (Å²) in [7, 11) is 0. The molecule has 178 valence electrons. The Morgan fingerprint density at radius 3 is 2.12 bits per heavy atom. The molecule has 0 radical (unpaired) electrons. The molecule has 0 aliphatic heterocycles. The highest BCUT2D eigenvalue weighted by Crippen LogP contribution is 2.34. The number of unbranched alkanes of at least 4 members (excludes halogenated alkanes) is 1. The minimum absolute atomic E-state index is 0.0415.